The summed E-state index contributed by atoms with van der Waals surface area (Å²) in [4.78, 5) is 32.1. The number of nitro groups is 1. The average Bonchev–Trinajstić information content (AvgIpc) is 2.34. The van der Waals surface area contributed by atoms with Crippen LogP contribution in [0.25, 0.3) is 0 Å². The quantitative estimate of drug-likeness (QED) is 0.616. The molecule has 19 heavy (non-hydrogen) atoms. The molecule has 0 aliphatic heterocycles. The molecule has 0 fully saturated rings. The van der Waals surface area contributed by atoms with Crippen molar-refractivity contribution in [1.29, 1.82) is 0 Å². The number of amides is 1. The van der Waals surface area contributed by atoms with Gasteiger partial charge in [0.2, 0.25) is 0 Å². The van der Waals surface area contributed by atoms with Crippen molar-refractivity contribution in [3.8, 4) is 0 Å². The number of aliphatic carboxylic acids is 1. The molecule has 0 bridgehead atoms. The lowest BCUT2D eigenvalue weighted by molar-refractivity contribution is -0.385. The summed E-state index contributed by atoms with van der Waals surface area (Å²) in [6.45, 7) is 1.16. The zero-order chi connectivity index (χ0) is 14.6. The SMILES string of the molecule is CC(CNC(=O)c1cc(F)ccc1[N+](=O)[O-])C(=O)O. The fourth-order valence-corrected chi connectivity index (χ4v) is 1.28. The van der Waals surface area contributed by atoms with Crippen LogP contribution in [0, 0.1) is 21.8 Å². The number of rotatable bonds is 5. The summed E-state index contributed by atoms with van der Waals surface area (Å²) in [6, 6.07) is 2.48. The summed E-state index contributed by atoms with van der Waals surface area (Å²) in [7, 11) is 0. The summed E-state index contributed by atoms with van der Waals surface area (Å²) in [6.07, 6.45) is 0. The fourth-order valence-electron chi connectivity index (χ4n) is 1.28. The van der Waals surface area contributed by atoms with Crippen LogP contribution in [-0.4, -0.2) is 28.5 Å². The Labute approximate surface area is 107 Å². The van der Waals surface area contributed by atoms with Crippen LogP contribution in [0.1, 0.15) is 17.3 Å². The van der Waals surface area contributed by atoms with E-state index in [1.165, 1.54) is 6.92 Å². The normalized spacial score (nSPS) is 11.7. The lowest BCUT2D eigenvalue weighted by Crippen LogP contribution is -2.31. The van der Waals surface area contributed by atoms with E-state index < -0.39 is 39.8 Å². The summed E-state index contributed by atoms with van der Waals surface area (Å²) < 4.78 is 13.0. The lowest BCUT2D eigenvalue weighted by atomic mass is 10.1. The van der Waals surface area contributed by atoms with Crippen LogP contribution in [0.5, 0.6) is 0 Å². The van der Waals surface area contributed by atoms with Crippen LogP contribution < -0.4 is 5.32 Å². The molecule has 2 N–H and O–H groups in total. The largest absolute Gasteiger partial charge is 0.481 e. The van der Waals surface area contributed by atoms with Crippen LogP contribution in [-0.2, 0) is 4.79 Å². The van der Waals surface area contributed by atoms with Gasteiger partial charge in [-0.1, -0.05) is 6.92 Å². The van der Waals surface area contributed by atoms with Crippen LogP contribution in [0.2, 0.25) is 0 Å². The molecule has 0 aromatic heterocycles. The van der Waals surface area contributed by atoms with Gasteiger partial charge in [-0.05, 0) is 12.1 Å². The van der Waals surface area contributed by atoms with Crippen LogP contribution in [0.15, 0.2) is 18.2 Å². The molecular formula is C11H11FN2O5. The predicted molar refractivity (Wildman–Crippen MR) is 62.2 cm³/mol. The molecule has 0 saturated carbocycles. The Morgan fingerprint density at radius 2 is 2.16 bits per heavy atom. The second-order valence-corrected chi connectivity index (χ2v) is 3.87. The van der Waals surface area contributed by atoms with Crippen molar-refractivity contribution in [2.75, 3.05) is 6.54 Å². The number of carbonyl (C=O) groups excluding carboxylic acids is 1. The highest BCUT2D eigenvalue weighted by Gasteiger charge is 2.22. The molecule has 102 valence electrons. The van der Waals surface area contributed by atoms with Gasteiger partial charge >= 0.3 is 5.97 Å². The molecule has 0 spiro atoms. The number of nitrogens with one attached hydrogen (secondary N) is 1. The molecule has 1 aromatic rings. The van der Waals surface area contributed by atoms with E-state index in [0.717, 1.165) is 18.2 Å². The minimum Gasteiger partial charge on any atom is -0.481 e. The molecule has 0 aliphatic rings. The molecule has 1 atom stereocenters. The Morgan fingerprint density at radius 3 is 2.68 bits per heavy atom. The average molecular weight is 270 g/mol. The predicted octanol–water partition coefficient (Wildman–Crippen LogP) is 1.18. The molecule has 1 unspecified atom stereocenters. The van der Waals surface area contributed by atoms with Crippen molar-refractivity contribution in [2.24, 2.45) is 5.92 Å². The molecule has 7 nitrogen and oxygen atoms in total. The standard InChI is InChI=1S/C11H11FN2O5/c1-6(11(16)17)5-13-10(15)8-4-7(12)2-3-9(8)14(18)19/h2-4,6H,5H2,1H3,(H,13,15)(H,16,17). The van der Waals surface area contributed by atoms with Gasteiger partial charge in [-0.25, -0.2) is 4.39 Å². The third-order valence-electron chi connectivity index (χ3n) is 2.39. The first-order valence-corrected chi connectivity index (χ1v) is 5.28. The minimum atomic E-state index is -1.12. The van der Waals surface area contributed by atoms with Crippen LogP contribution in [0.4, 0.5) is 10.1 Å². The van der Waals surface area contributed by atoms with E-state index in [2.05, 4.69) is 5.32 Å². The Morgan fingerprint density at radius 1 is 1.53 bits per heavy atom. The number of benzene rings is 1. The zero-order valence-electron chi connectivity index (χ0n) is 9.92. The van der Waals surface area contributed by atoms with Gasteiger partial charge < -0.3 is 10.4 Å². The smallest absolute Gasteiger partial charge is 0.308 e. The van der Waals surface area contributed by atoms with E-state index >= 15 is 0 Å². The Balaban J connectivity index is 2.90. The minimum absolute atomic E-state index is 0.207. The molecule has 1 amide bonds. The third-order valence-corrected chi connectivity index (χ3v) is 2.39. The zero-order valence-corrected chi connectivity index (χ0v) is 9.92. The number of hydrogen-bond donors (Lipinski definition) is 2. The van der Waals surface area contributed by atoms with Crippen LogP contribution in [0.3, 0.4) is 0 Å². The van der Waals surface area contributed by atoms with Crippen molar-refractivity contribution in [3.63, 3.8) is 0 Å². The first-order chi connectivity index (χ1) is 8.82. The first-order valence-electron chi connectivity index (χ1n) is 5.28. The Bertz CT molecular complexity index is 532. The third kappa shape index (κ3) is 3.73. The lowest BCUT2D eigenvalue weighted by Gasteiger charge is -2.08. The number of nitrogens with zero attached hydrogens (tertiary/aromatic N) is 1. The van der Waals surface area contributed by atoms with Crippen molar-refractivity contribution >= 4 is 17.6 Å². The highest BCUT2D eigenvalue weighted by Crippen LogP contribution is 2.19. The second kappa shape index (κ2) is 5.89. The van der Waals surface area contributed by atoms with Gasteiger partial charge in [-0.15, -0.1) is 0 Å². The summed E-state index contributed by atoms with van der Waals surface area (Å²) >= 11 is 0. The highest BCUT2D eigenvalue weighted by atomic mass is 19.1. The number of carboxylic acids is 1. The van der Waals surface area contributed by atoms with Gasteiger partial charge in [0.25, 0.3) is 11.6 Å². The van der Waals surface area contributed by atoms with E-state index in [1.54, 1.807) is 0 Å². The number of nitro benzene ring substituents is 1. The van der Waals surface area contributed by atoms with Crippen LogP contribution >= 0.6 is 0 Å². The van der Waals surface area contributed by atoms with Gasteiger partial charge in [0.05, 0.1) is 10.8 Å². The van der Waals surface area contributed by atoms with Gasteiger partial charge in [-0.3, -0.25) is 19.7 Å². The Hall–Kier alpha value is -2.51. The van der Waals surface area contributed by atoms with Crippen molar-refractivity contribution in [1.82, 2.24) is 5.32 Å². The monoisotopic (exact) mass is 270 g/mol. The van der Waals surface area contributed by atoms with Crippen molar-refractivity contribution < 1.29 is 24.0 Å². The molecule has 0 saturated heterocycles. The summed E-state index contributed by atoms with van der Waals surface area (Å²) in [5.41, 5.74) is -0.982. The fraction of sp³-hybridized carbons (Fsp3) is 0.273. The molecule has 0 heterocycles. The topological polar surface area (TPSA) is 110 Å². The number of hydrogen-bond acceptors (Lipinski definition) is 4. The Kier molecular flexibility index (Phi) is 4.51. The van der Waals surface area contributed by atoms with Crippen molar-refractivity contribution in [2.45, 2.75) is 6.92 Å². The van der Waals surface area contributed by atoms with Gasteiger partial charge in [0.1, 0.15) is 11.4 Å². The first kappa shape index (κ1) is 14.6. The van der Waals surface area contributed by atoms with E-state index in [4.69, 9.17) is 5.11 Å². The molecular weight excluding hydrogens is 259 g/mol. The van der Waals surface area contributed by atoms with E-state index in [0.29, 0.717) is 0 Å². The molecule has 1 aromatic carbocycles. The van der Waals surface area contributed by atoms with E-state index in [9.17, 15) is 24.1 Å². The van der Waals surface area contributed by atoms with E-state index in [-0.39, 0.29) is 6.54 Å². The maximum absolute atomic E-state index is 13.0. The van der Waals surface area contributed by atoms with Gasteiger partial charge in [-0.2, -0.15) is 0 Å². The maximum Gasteiger partial charge on any atom is 0.308 e. The second-order valence-electron chi connectivity index (χ2n) is 3.87. The molecule has 8 heteroatoms. The van der Waals surface area contributed by atoms with Crippen molar-refractivity contribution in [3.05, 3.63) is 39.7 Å². The maximum atomic E-state index is 13.0. The summed E-state index contributed by atoms with van der Waals surface area (Å²) in [5.74, 6) is -3.65. The van der Waals surface area contributed by atoms with Gasteiger partial charge in [0.15, 0.2) is 0 Å². The number of carboxylic acid groups (broad SMARTS) is 1. The van der Waals surface area contributed by atoms with Gasteiger partial charge in [0, 0.05) is 12.6 Å². The highest BCUT2D eigenvalue weighted by molar-refractivity contribution is 5.98. The summed E-state index contributed by atoms with van der Waals surface area (Å²) in [5, 5.41) is 21.5. The molecule has 1 rings (SSSR count). The number of halogens is 1. The molecule has 0 aliphatic carbocycles. The number of carbonyl (C=O) groups is 2. The van der Waals surface area contributed by atoms with E-state index in [1.807, 2.05) is 0 Å². The molecule has 0 radical (unpaired) electrons.